The highest BCUT2D eigenvalue weighted by Gasteiger charge is 2.22. The van der Waals surface area contributed by atoms with Gasteiger partial charge in [0.25, 0.3) is 11.8 Å². The Morgan fingerprint density at radius 2 is 1.64 bits per heavy atom. The lowest BCUT2D eigenvalue weighted by Gasteiger charge is -2.34. The van der Waals surface area contributed by atoms with Crippen molar-refractivity contribution in [3.63, 3.8) is 0 Å². The normalized spacial score (nSPS) is 14.2. The zero-order valence-corrected chi connectivity index (χ0v) is 23.6. The number of benzene rings is 3. The number of nitrogens with one attached hydrogen (secondary N) is 4. The molecule has 1 aliphatic rings. The Morgan fingerprint density at radius 1 is 0.857 bits per heavy atom. The fraction of sp³-hybridized carbons (Fsp3) is 0.167. The van der Waals surface area contributed by atoms with Gasteiger partial charge in [0.15, 0.2) is 5.82 Å². The number of H-pyrrole nitrogens is 2. The predicted molar refractivity (Wildman–Crippen MR) is 161 cm³/mol. The second-order valence-electron chi connectivity index (χ2n) is 10.1. The van der Waals surface area contributed by atoms with Gasteiger partial charge in [0, 0.05) is 49.6 Å². The molecule has 42 heavy (non-hydrogen) atoms. The van der Waals surface area contributed by atoms with Crippen LogP contribution in [0.4, 0.5) is 17.2 Å². The molecule has 3 aromatic carbocycles. The number of rotatable bonds is 7. The van der Waals surface area contributed by atoms with Crippen LogP contribution in [0.5, 0.6) is 0 Å². The number of sulfone groups is 1. The maximum absolute atomic E-state index is 13.6. The molecular formula is C30H29N7O4S. The summed E-state index contributed by atoms with van der Waals surface area (Å²) in [5.41, 5.74) is 2.47. The number of aromatic nitrogens is 3. The smallest absolute Gasteiger partial charge is 0.258 e. The van der Waals surface area contributed by atoms with Crippen LogP contribution in [0.3, 0.4) is 0 Å². The Labute approximate surface area is 242 Å². The van der Waals surface area contributed by atoms with Crippen LogP contribution in [-0.2, 0) is 9.84 Å². The molecule has 2 amide bonds. The maximum Gasteiger partial charge on any atom is 0.258 e. The van der Waals surface area contributed by atoms with E-state index < -0.39 is 15.7 Å². The minimum absolute atomic E-state index is 0.0779. The third-order valence-corrected chi connectivity index (χ3v) is 9.12. The van der Waals surface area contributed by atoms with Gasteiger partial charge in [-0.1, -0.05) is 18.2 Å². The zero-order valence-electron chi connectivity index (χ0n) is 22.8. The summed E-state index contributed by atoms with van der Waals surface area (Å²) in [6.45, 7) is 3.45. The number of carbonyl (C=O) groups is 2. The molecule has 2 aromatic heterocycles. The molecular weight excluding hydrogens is 554 g/mol. The predicted octanol–water partition coefficient (Wildman–Crippen LogP) is 3.98. The van der Waals surface area contributed by atoms with Gasteiger partial charge in [-0.15, -0.1) is 0 Å². The zero-order chi connectivity index (χ0) is 29.3. The molecule has 1 fully saturated rings. The number of hydrogen-bond donors (Lipinski definition) is 4. The van der Waals surface area contributed by atoms with Crippen LogP contribution in [0.1, 0.15) is 20.7 Å². The van der Waals surface area contributed by atoms with Crippen molar-refractivity contribution in [1.29, 1.82) is 0 Å². The molecule has 6 rings (SSSR count). The van der Waals surface area contributed by atoms with Crippen LogP contribution in [0.25, 0.3) is 10.9 Å². The second-order valence-corrected chi connectivity index (χ2v) is 12.1. The summed E-state index contributed by atoms with van der Waals surface area (Å²) in [6, 6.07) is 19.7. The molecule has 0 unspecified atom stereocenters. The van der Waals surface area contributed by atoms with E-state index in [1.807, 2.05) is 6.07 Å². The van der Waals surface area contributed by atoms with Crippen molar-refractivity contribution in [3.05, 3.63) is 96.3 Å². The largest absolute Gasteiger partial charge is 0.369 e. The molecule has 0 aliphatic carbocycles. The van der Waals surface area contributed by atoms with Crippen molar-refractivity contribution in [2.24, 2.45) is 0 Å². The molecule has 0 atom stereocenters. The summed E-state index contributed by atoms with van der Waals surface area (Å²) in [4.78, 5) is 34.2. The Kier molecular flexibility index (Phi) is 7.23. The van der Waals surface area contributed by atoms with Crippen molar-refractivity contribution in [1.82, 2.24) is 20.1 Å². The van der Waals surface area contributed by atoms with Gasteiger partial charge in [-0.2, -0.15) is 5.10 Å². The lowest BCUT2D eigenvalue weighted by Crippen LogP contribution is -2.44. The Bertz CT molecular complexity index is 1860. The summed E-state index contributed by atoms with van der Waals surface area (Å²) in [5, 5.41) is 13.2. The average molecular weight is 584 g/mol. The van der Waals surface area contributed by atoms with Crippen molar-refractivity contribution in [2.45, 2.75) is 9.79 Å². The first kappa shape index (κ1) is 27.2. The van der Waals surface area contributed by atoms with E-state index in [9.17, 15) is 18.0 Å². The standard InChI is InChI=1S/C30H29N7O4S/c1-36-13-15-37(16-14-36)21-7-9-24(27(17-21)32-29(38)20-11-12-31-19-20)30(39)33-28-25-18-23(8-10-26(25)34-35-28)42(40,41)22-5-3-2-4-6-22/h2-12,17-19,31H,13-16H2,1H3,(H,32,38)(H2,33,34,35,39). The molecule has 11 nitrogen and oxygen atoms in total. The number of amides is 2. The van der Waals surface area contributed by atoms with Crippen LogP contribution in [0, 0.1) is 0 Å². The van der Waals surface area contributed by atoms with Gasteiger partial charge in [-0.05, 0) is 61.6 Å². The summed E-state index contributed by atoms with van der Waals surface area (Å²) in [7, 11) is -1.70. The Morgan fingerprint density at radius 3 is 2.38 bits per heavy atom. The van der Waals surface area contributed by atoms with E-state index in [1.165, 1.54) is 24.3 Å². The van der Waals surface area contributed by atoms with E-state index in [0.717, 1.165) is 31.9 Å². The highest BCUT2D eigenvalue weighted by Crippen LogP contribution is 2.30. The number of piperazine rings is 1. The van der Waals surface area contributed by atoms with E-state index in [-0.39, 0.29) is 27.1 Å². The van der Waals surface area contributed by atoms with Crippen molar-refractivity contribution < 1.29 is 18.0 Å². The van der Waals surface area contributed by atoms with E-state index >= 15 is 0 Å². The SMILES string of the molecule is CN1CCN(c2ccc(C(=O)Nc3n[nH]c4ccc(S(=O)(=O)c5ccccc5)cc34)c(NC(=O)c3cc[nH]c3)c2)CC1. The van der Waals surface area contributed by atoms with E-state index in [1.54, 1.807) is 54.9 Å². The molecule has 4 N–H and O–H groups in total. The van der Waals surface area contributed by atoms with Gasteiger partial charge >= 0.3 is 0 Å². The Balaban J connectivity index is 1.32. The average Bonchev–Trinajstić information content (AvgIpc) is 3.69. The third kappa shape index (κ3) is 5.37. The number of anilines is 3. The van der Waals surface area contributed by atoms with Crippen LogP contribution >= 0.6 is 0 Å². The number of fused-ring (bicyclic) bond motifs is 1. The van der Waals surface area contributed by atoms with Crippen molar-refractivity contribution in [3.8, 4) is 0 Å². The molecule has 214 valence electrons. The van der Waals surface area contributed by atoms with Crippen LogP contribution in [0.2, 0.25) is 0 Å². The minimum atomic E-state index is -3.78. The molecule has 0 spiro atoms. The van der Waals surface area contributed by atoms with Gasteiger partial charge in [-0.25, -0.2) is 8.42 Å². The van der Waals surface area contributed by atoms with Gasteiger partial charge in [0.05, 0.1) is 32.1 Å². The van der Waals surface area contributed by atoms with Gasteiger partial charge in [-0.3, -0.25) is 14.7 Å². The summed E-state index contributed by atoms with van der Waals surface area (Å²) >= 11 is 0. The van der Waals surface area contributed by atoms with E-state index in [2.05, 4.69) is 42.7 Å². The number of likely N-dealkylation sites (N-methyl/N-ethyl adjacent to an activating group) is 1. The quantitative estimate of drug-likeness (QED) is 0.227. The summed E-state index contributed by atoms with van der Waals surface area (Å²) in [6.07, 6.45) is 3.23. The lowest BCUT2D eigenvalue weighted by atomic mass is 10.1. The van der Waals surface area contributed by atoms with Gasteiger partial charge in [0.2, 0.25) is 9.84 Å². The number of carbonyl (C=O) groups excluding carboxylic acids is 2. The highest BCUT2D eigenvalue weighted by molar-refractivity contribution is 7.91. The van der Waals surface area contributed by atoms with Crippen molar-refractivity contribution in [2.75, 3.05) is 48.8 Å². The second kappa shape index (κ2) is 11.1. The minimum Gasteiger partial charge on any atom is -0.369 e. The molecule has 1 aliphatic heterocycles. The maximum atomic E-state index is 13.6. The number of aromatic amines is 2. The molecule has 0 bridgehead atoms. The van der Waals surface area contributed by atoms with Crippen LogP contribution in [-0.4, -0.2) is 73.5 Å². The van der Waals surface area contributed by atoms with Crippen LogP contribution < -0.4 is 15.5 Å². The first-order valence-corrected chi connectivity index (χ1v) is 14.9. The molecule has 0 radical (unpaired) electrons. The fourth-order valence-corrected chi connectivity index (χ4v) is 6.23. The van der Waals surface area contributed by atoms with Crippen molar-refractivity contribution >= 4 is 49.7 Å². The van der Waals surface area contributed by atoms with E-state index in [4.69, 9.17) is 0 Å². The summed E-state index contributed by atoms with van der Waals surface area (Å²) < 4.78 is 26.4. The first-order chi connectivity index (χ1) is 20.3. The Hall–Kier alpha value is -4.94. The summed E-state index contributed by atoms with van der Waals surface area (Å²) in [5.74, 6) is -0.693. The molecule has 0 saturated carbocycles. The van der Waals surface area contributed by atoms with Gasteiger partial charge < -0.3 is 25.4 Å². The monoisotopic (exact) mass is 583 g/mol. The molecule has 1 saturated heterocycles. The third-order valence-electron chi connectivity index (χ3n) is 7.35. The van der Waals surface area contributed by atoms with E-state index in [0.29, 0.717) is 22.2 Å². The number of nitrogens with zero attached hydrogens (tertiary/aromatic N) is 3. The molecule has 5 aromatic rings. The highest BCUT2D eigenvalue weighted by atomic mass is 32.2. The number of hydrogen-bond acceptors (Lipinski definition) is 7. The molecule has 3 heterocycles. The molecule has 12 heteroatoms. The van der Waals surface area contributed by atoms with Gasteiger partial charge in [0.1, 0.15) is 0 Å². The fourth-order valence-electron chi connectivity index (χ4n) is 4.92. The van der Waals surface area contributed by atoms with Crippen LogP contribution in [0.15, 0.2) is 95.0 Å². The first-order valence-electron chi connectivity index (χ1n) is 13.4. The lowest BCUT2D eigenvalue weighted by molar-refractivity contribution is 0.102. The topological polar surface area (TPSA) is 143 Å².